The third-order valence-electron chi connectivity index (χ3n) is 0.719. The van der Waals surface area contributed by atoms with E-state index >= 15 is 0 Å². The Kier molecular flexibility index (Phi) is 4.49. The zero-order valence-electron chi connectivity index (χ0n) is 6.30. The molecule has 0 aliphatic carbocycles. The van der Waals surface area contributed by atoms with Crippen LogP contribution in [0.3, 0.4) is 0 Å². The SMILES string of the molecule is CC(C)NS(=O)(=O)CC(=O)I. The standard InChI is InChI=1S/C5H10INO3S/c1-4(2)7-11(9,10)3-5(6)8/h4,7H,3H2,1-2H3. The predicted octanol–water partition coefficient (Wildman–Crippen LogP) is 0.276. The minimum atomic E-state index is -3.39. The Morgan fingerprint density at radius 1 is 1.55 bits per heavy atom. The largest absolute Gasteiger partial charge is 0.287 e. The summed E-state index contributed by atoms with van der Waals surface area (Å²) >= 11 is 1.46. The Labute approximate surface area is 79.9 Å². The summed E-state index contributed by atoms with van der Waals surface area (Å²) in [6.45, 7) is 3.41. The first-order valence-corrected chi connectivity index (χ1v) is 5.75. The maximum Gasteiger partial charge on any atom is 0.219 e. The molecule has 0 aliphatic heterocycles. The molecule has 0 aromatic heterocycles. The molecule has 0 aromatic carbocycles. The van der Waals surface area contributed by atoms with Gasteiger partial charge in [0.15, 0.2) is 0 Å². The van der Waals surface area contributed by atoms with Gasteiger partial charge in [-0.15, -0.1) is 0 Å². The number of hydrogen-bond acceptors (Lipinski definition) is 3. The number of sulfonamides is 1. The summed E-state index contributed by atoms with van der Waals surface area (Å²) in [4.78, 5) is 10.4. The Balaban J connectivity index is 4.14. The topological polar surface area (TPSA) is 63.2 Å². The number of rotatable bonds is 4. The van der Waals surface area contributed by atoms with Crippen LogP contribution in [0.2, 0.25) is 0 Å². The third-order valence-corrected chi connectivity index (χ3v) is 3.09. The van der Waals surface area contributed by atoms with E-state index in [1.807, 2.05) is 0 Å². The zero-order valence-corrected chi connectivity index (χ0v) is 9.27. The number of carbonyl (C=O) groups is 1. The summed E-state index contributed by atoms with van der Waals surface area (Å²) < 4.78 is 23.7. The quantitative estimate of drug-likeness (QED) is 0.597. The van der Waals surface area contributed by atoms with Crippen LogP contribution in [-0.2, 0) is 14.8 Å². The molecule has 11 heavy (non-hydrogen) atoms. The Morgan fingerprint density at radius 3 is 2.27 bits per heavy atom. The molecular formula is C5H10INO3S. The summed E-state index contributed by atoms with van der Waals surface area (Å²) in [6.07, 6.45) is 0. The van der Waals surface area contributed by atoms with Gasteiger partial charge in [-0.1, -0.05) is 0 Å². The Hall–Kier alpha value is 0.310. The van der Waals surface area contributed by atoms with E-state index in [0.717, 1.165) is 0 Å². The summed E-state index contributed by atoms with van der Waals surface area (Å²) in [5.41, 5.74) is 0. The van der Waals surface area contributed by atoms with Crippen LogP contribution in [0, 0.1) is 0 Å². The van der Waals surface area contributed by atoms with E-state index < -0.39 is 15.8 Å². The summed E-state index contributed by atoms with van der Waals surface area (Å²) in [7, 11) is -3.39. The lowest BCUT2D eigenvalue weighted by Crippen LogP contribution is -2.33. The van der Waals surface area contributed by atoms with Crippen LogP contribution in [0.25, 0.3) is 0 Å². The normalized spacial score (nSPS) is 12.0. The van der Waals surface area contributed by atoms with E-state index in [1.54, 1.807) is 13.8 Å². The lowest BCUT2D eigenvalue weighted by Gasteiger charge is -2.06. The molecule has 66 valence electrons. The Bertz CT molecular complexity index is 234. The molecule has 1 N–H and O–H groups in total. The van der Waals surface area contributed by atoms with E-state index in [1.165, 1.54) is 22.6 Å². The molecule has 0 saturated carbocycles. The molecule has 0 atom stereocenters. The molecule has 0 saturated heterocycles. The van der Waals surface area contributed by atoms with E-state index in [0.29, 0.717) is 0 Å². The van der Waals surface area contributed by atoms with Crippen molar-refractivity contribution >= 4 is 36.4 Å². The molecule has 0 unspecified atom stereocenters. The van der Waals surface area contributed by atoms with Gasteiger partial charge >= 0.3 is 0 Å². The molecule has 6 heteroatoms. The minimum absolute atomic E-state index is 0.157. The molecule has 0 aliphatic rings. The van der Waals surface area contributed by atoms with Crippen LogP contribution in [0.4, 0.5) is 0 Å². The van der Waals surface area contributed by atoms with Crippen LogP contribution in [-0.4, -0.2) is 24.0 Å². The minimum Gasteiger partial charge on any atom is -0.287 e. The molecule has 0 bridgehead atoms. The van der Waals surface area contributed by atoms with Crippen molar-refractivity contribution in [2.75, 3.05) is 5.75 Å². The van der Waals surface area contributed by atoms with Gasteiger partial charge in [0.2, 0.25) is 13.8 Å². The van der Waals surface area contributed by atoms with Crippen molar-refractivity contribution in [1.82, 2.24) is 4.72 Å². The molecule has 0 amide bonds. The fourth-order valence-electron chi connectivity index (χ4n) is 0.550. The third kappa shape index (κ3) is 6.70. The highest BCUT2D eigenvalue weighted by atomic mass is 127. The number of carbonyl (C=O) groups excluding carboxylic acids is 1. The van der Waals surface area contributed by atoms with Crippen LogP contribution in [0.1, 0.15) is 13.8 Å². The first-order valence-electron chi connectivity index (χ1n) is 3.02. The van der Waals surface area contributed by atoms with Gasteiger partial charge in [0.1, 0.15) is 5.75 Å². The maximum atomic E-state index is 10.9. The second kappa shape index (κ2) is 4.36. The van der Waals surface area contributed by atoms with Crippen LogP contribution >= 0.6 is 22.6 Å². The van der Waals surface area contributed by atoms with Gasteiger partial charge < -0.3 is 0 Å². The fourth-order valence-corrected chi connectivity index (χ4v) is 2.88. The molecule has 0 rings (SSSR count). The number of nitrogens with one attached hydrogen (secondary N) is 1. The van der Waals surface area contributed by atoms with Crippen molar-refractivity contribution < 1.29 is 13.2 Å². The van der Waals surface area contributed by atoms with Crippen LogP contribution in [0.15, 0.2) is 0 Å². The average molecular weight is 291 g/mol. The molecule has 0 fully saturated rings. The summed E-state index contributed by atoms with van der Waals surface area (Å²) in [5, 5.41) is 0. The van der Waals surface area contributed by atoms with E-state index in [4.69, 9.17) is 0 Å². The zero-order chi connectivity index (χ0) is 9.07. The molecule has 4 nitrogen and oxygen atoms in total. The lowest BCUT2D eigenvalue weighted by atomic mass is 10.4. The van der Waals surface area contributed by atoms with Crippen LogP contribution < -0.4 is 4.72 Å². The van der Waals surface area contributed by atoms with Gasteiger partial charge in [-0.3, -0.25) is 4.79 Å². The number of hydrogen-bond donors (Lipinski definition) is 1. The van der Waals surface area contributed by atoms with Crippen molar-refractivity contribution in [2.45, 2.75) is 19.9 Å². The second-order valence-electron chi connectivity index (χ2n) is 2.39. The van der Waals surface area contributed by atoms with Crippen molar-refractivity contribution in [3.05, 3.63) is 0 Å². The van der Waals surface area contributed by atoms with Gasteiger partial charge in [0.05, 0.1) is 0 Å². The lowest BCUT2D eigenvalue weighted by molar-refractivity contribution is -0.107. The second-order valence-corrected chi connectivity index (χ2v) is 5.34. The van der Waals surface area contributed by atoms with E-state index in [-0.39, 0.29) is 9.83 Å². The number of halogens is 1. The molecular weight excluding hydrogens is 281 g/mol. The highest BCUT2D eigenvalue weighted by molar-refractivity contribution is 14.1. The fraction of sp³-hybridized carbons (Fsp3) is 0.800. The van der Waals surface area contributed by atoms with Gasteiger partial charge in [0, 0.05) is 28.6 Å². The molecule has 0 aromatic rings. The van der Waals surface area contributed by atoms with Gasteiger partial charge in [-0.2, -0.15) is 0 Å². The smallest absolute Gasteiger partial charge is 0.219 e. The monoisotopic (exact) mass is 291 g/mol. The summed E-state index contributed by atoms with van der Waals surface area (Å²) in [5.74, 6) is -0.439. The molecule has 0 spiro atoms. The first kappa shape index (κ1) is 11.3. The summed E-state index contributed by atoms with van der Waals surface area (Å²) in [6, 6.07) is -0.157. The average Bonchev–Trinajstić information content (AvgIpc) is 1.53. The predicted molar refractivity (Wildman–Crippen MR) is 51.1 cm³/mol. The van der Waals surface area contributed by atoms with Crippen molar-refractivity contribution in [3.8, 4) is 0 Å². The van der Waals surface area contributed by atoms with Crippen LogP contribution in [0.5, 0.6) is 0 Å². The van der Waals surface area contributed by atoms with Crippen molar-refractivity contribution in [3.63, 3.8) is 0 Å². The van der Waals surface area contributed by atoms with Gasteiger partial charge in [-0.25, -0.2) is 13.1 Å². The highest BCUT2D eigenvalue weighted by Gasteiger charge is 2.14. The van der Waals surface area contributed by atoms with E-state index in [2.05, 4.69) is 4.72 Å². The highest BCUT2D eigenvalue weighted by Crippen LogP contribution is 1.93. The first-order chi connectivity index (χ1) is 4.83. The molecule has 0 radical (unpaired) electrons. The van der Waals surface area contributed by atoms with E-state index in [9.17, 15) is 13.2 Å². The Morgan fingerprint density at radius 2 is 2.00 bits per heavy atom. The van der Waals surface area contributed by atoms with Crippen molar-refractivity contribution in [1.29, 1.82) is 0 Å². The van der Waals surface area contributed by atoms with Gasteiger partial charge in [0.25, 0.3) is 0 Å². The van der Waals surface area contributed by atoms with Gasteiger partial charge in [-0.05, 0) is 13.8 Å². The molecule has 0 heterocycles. The van der Waals surface area contributed by atoms with Crippen molar-refractivity contribution in [2.24, 2.45) is 0 Å². The maximum absolute atomic E-state index is 10.9.